The molecule has 0 nitrogen and oxygen atoms in total. The molecule has 0 rings (SSSR count). The van der Waals surface area contributed by atoms with Crippen LogP contribution in [0.5, 0.6) is 0 Å². The third-order valence-corrected chi connectivity index (χ3v) is 0. The molecule has 0 saturated carbocycles. The van der Waals surface area contributed by atoms with Gasteiger partial charge in [0, 0.05) is 0 Å². The zero-order valence-corrected chi connectivity index (χ0v) is 6.83. The van der Waals surface area contributed by atoms with Crippen molar-refractivity contribution in [2.45, 2.75) is 12.2 Å². The Morgan fingerprint density at radius 1 is 1.75 bits per heavy atom. The van der Waals surface area contributed by atoms with Gasteiger partial charge in [0.2, 0.25) is 0 Å². The van der Waals surface area contributed by atoms with E-state index in [1.807, 2.05) is 0 Å². The average molecular weight is 131 g/mol. The molecule has 0 aliphatic carbocycles. The van der Waals surface area contributed by atoms with Crippen molar-refractivity contribution in [2.75, 3.05) is 0 Å². The van der Waals surface area contributed by atoms with E-state index in [1.54, 1.807) is 0 Å². The summed E-state index contributed by atoms with van der Waals surface area (Å²) in [5.74, 6) is 0. The van der Waals surface area contributed by atoms with E-state index in [1.165, 1.54) is 0 Å². The fraction of sp³-hybridized carbons (Fsp3) is 1.00. The van der Waals surface area contributed by atoms with E-state index in [9.17, 15) is 0 Å². The predicted octanol–water partition coefficient (Wildman–Crippen LogP) is -2.40. The Kier molecular flexibility index (Phi) is 20.1. The molecular weight excluding hydrogens is 126 g/mol. The summed E-state index contributed by atoms with van der Waals surface area (Å²) in [7, 11) is 0. The van der Waals surface area contributed by atoms with Gasteiger partial charge in [-0.25, -0.2) is 0 Å². The molecule has 0 aliphatic heterocycles. The topological polar surface area (TPSA) is 0 Å². The minimum atomic E-state index is 0. The van der Waals surface area contributed by atoms with E-state index in [4.69, 9.17) is 0 Å². The Morgan fingerprint density at radius 2 is 1.75 bits per heavy atom. The second-order valence-electron chi connectivity index (χ2n) is 0.289. The summed E-state index contributed by atoms with van der Waals surface area (Å²) < 4.78 is 0. The molecule has 0 aliphatic rings. The van der Waals surface area contributed by atoms with Crippen LogP contribution in [-0.2, 0) is 0 Å². The van der Waals surface area contributed by atoms with Gasteiger partial charge in [-0.2, -0.15) is 0 Å². The van der Waals surface area contributed by atoms with Crippen LogP contribution in [0.15, 0.2) is 0 Å². The molecule has 0 aromatic carbocycles. The van der Waals surface area contributed by atoms with Gasteiger partial charge in [0.15, 0.2) is 0 Å². The van der Waals surface area contributed by atoms with Crippen LogP contribution in [0.1, 0.15) is 6.92 Å². The number of rotatable bonds is 0. The number of hydrogen-bond donors (Lipinski definition) is 0. The fourth-order valence-electron chi connectivity index (χ4n) is 0. The summed E-state index contributed by atoms with van der Waals surface area (Å²) in [6, 6.07) is 0. The predicted molar refractivity (Wildman–Crippen MR) is 16.2 cm³/mol. The Hall–Kier alpha value is 1.52. The molecule has 0 aromatic rings. The first kappa shape index (κ1) is 9.10. The molecule has 0 spiro atoms. The van der Waals surface area contributed by atoms with Gasteiger partial charge in [-0.3, -0.25) is 0 Å². The van der Waals surface area contributed by atoms with E-state index in [2.05, 4.69) is 22.9 Å². The second-order valence-corrected chi connectivity index (χ2v) is 1.50. The SMILES string of the molecule is CC[Se-].[Na+]. The molecule has 0 unspecified atom stereocenters. The maximum Gasteiger partial charge on any atom is 1.00 e. The molecule has 0 bridgehead atoms. The first-order chi connectivity index (χ1) is 1.41. The van der Waals surface area contributed by atoms with E-state index in [0.717, 1.165) is 5.32 Å². The van der Waals surface area contributed by atoms with Gasteiger partial charge in [-0.15, -0.1) is 0 Å². The largest absolute Gasteiger partial charge is 1.00 e. The van der Waals surface area contributed by atoms with Gasteiger partial charge < -0.3 is 0 Å². The van der Waals surface area contributed by atoms with Gasteiger partial charge in [-0.05, 0) is 0 Å². The molecule has 0 fully saturated rings. The summed E-state index contributed by atoms with van der Waals surface area (Å²) >= 11 is 2.81. The minimum Gasteiger partial charge on any atom is 1.00 e. The maximum absolute atomic E-state index is 2.81. The van der Waals surface area contributed by atoms with Gasteiger partial charge in [0.25, 0.3) is 0 Å². The quantitative estimate of drug-likeness (QED) is 0.321. The van der Waals surface area contributed by atoms with Crippen LogP contribution in [0.25, 0.3) is 0 Å². The average Bonchev–Trinajstić information content (AvgIpc) is 0.918. The summed E-state index contributed by atoms with van der Waals surface area (Å²) in [5, 5.41) is 1.12. The molecule has 0 atom stereocenters. The molecule has 2 heteroatoms. The van der Waals surface area contributed by atoms with E-state index < -0.39 is 0 Å². The smallest absolute Gasteiger partial charge is 1.00 e. The third-order valence-electron chi connectivity index (χ3n) is 0. The summed E-state index contributed by atoms with van der Waals surface area (Å²) in [6.07, 6.45) is 0. The zero-order chi connectivity index (χ0) is 2.71. The molecule has 0 heterocycles. The van der Waals surface area contributed by atoms with Gasteiger partial charge in [0.1, 0.15) is 0 Å². The molecule has 0 aromatic heterocycles. The maximum atomic E-state index is 2.81. The van der Waals surface area contributed by atoms with E-state index in [-0.39, 0.29) is 29.6 Å². The second kappa shape index (κ2) is 8.82. The summed E-state index contributed by atoms with van der Waals surface area (Å²) in [6.45, 7) is 2.07. The molecule has 0 N–H and O–H groups in total. The Labute approximate surface area is 57.5 Å². The van der Waals surface area contributed by atoms with Crippen LogP contribution >= 0.6 is 0 Å². The molecule has 20 valence electrons. The van der Waals surface area contributed by atoms with Crippen molar-refractivity contribution < 1.29 is 29.6 Å². The van der Waals surface area contributed by atoms with Crippen molar-refractivity contribution in [3.63, 3.8) is 0 Å². The fourth-order valence-corrected chi connectivity index (χ4v) is 0. The third kappa shape index (κ3) is 9.68. The zero-order valence-electron chi connectivity index (χ0n) is 3.12. The van der Waals surface area contributed by atoms with Crippen molar-refractivity contribution >= 4 is 16.0 Å². The molecule has 0 amide bonds. The van der Waals surface area contributed by atoms with Crippen LogP contribution in [0.3, 0.4) is 0 Å². The normalized spacial score (nSPS) is 4.50. The standard InChI is InChI=1S/C2H6Se.Na/c1-2-3;/h3H,2H2,1H3;/q;+1/p-1. The van der Waals surface area contributed by atoms with E-state index in [0.29, 0.717) is 0 Å². The van der Waals surface area contributed by atoms with Crippen LogP contribution in [0.2, 0.25) is 5.32 Å². The van der Waals surface area contributed by atoms with Crippen LogP contribution in [-0.4, -0.2) is 16.0 Å². The van der Waals surface area contributed by atoms with Crippen molar-refractivity contribution in [3.8, 4) is 0 Å². The molecule has 4 heavy (non-hydrogen) atoms. The van der Waals surface area contributed by atoms with Crippen molar-refractivity contribution in [3.05, 3.63) is 0 Å². The van der Waals surface area contributed by atoms with Gasteiger partial charge in [0.05, 0.1) is 0 Å². The first-order valence-corrected chi connectivity index (χ1v) is 2.21. The summed E-state index contributed by atoms with van der Waals surface area (Å²) in [4.78, 5) is 0. The summed E-state index contributed by atoms with van der Waals surface area (Å²) in [5.41, 5.74) is 0. The van der Waals surface area contributed by atoms with Gasteiger partial charge in [-0.1, -0.05) is 0 Å². The van der Waals surface area contributed by atoms with Crippen LogP contribution in [0, 0.1) is 0 Å². The Morgan fingerprint density at radius 3 is 1.75 bits per heavy atom. The molecule has 0 radical (unpaired) electrons. The minimum absolute atomic E-state index is 0. The molecule has 0 saturated heterocycles. The number of hydrogen-bond acceptors (Lipinski definition) is 0. The Balaban J connectivity index is 0. The first-order valence-electron chi connectivity index (χ1n) is 0.996. The van der Waals surface area contributed by atoms with Gasteiger partial charge >= 0.3 is 57.8 Å². The monoisotopic (exact) mass is 132 g/mol. The molecular formula is C2H5NaSe. The van der Waals surface area contributed by atoms with Crippen molar-refractivity contribution in [1.29, 1.82) is 0 Å². The Bertz CT molecular complexity index is 6.00. The van der Waals surface area contributed by atoms with Crippen molar-refractivity contribution in [1.82, 2.24) is 0 Å². The van der Waals surface area contributed by atoms with Crippen LogP contribution in [0.4, 0.5) is 0 Å². The van der Waals surface area contributed by atoms with Crippen LogP contribution < -0.4 is 29.6 Å². The van der Waals surface area contributed by atoms with Crippen molar-refractivity contribution in [2.24, 2.45) is 0 Å². The van der Waals surface area contributed by atoms with E-state index >= 15 is 0 Å².